The summed E-state index contributed by atoms with van der Waals surface area (Å²) in [6.45, 7) is 0.370. The minimum Gasteiger partial charge on any atom is -0.368 e. The lowest BCUT2D eigenvalue weighted by atomic mass is 10.2. The van der Waals surface area contributed by atoms with E-state index in [4.69, 9.17) is 10.5 Å². The molecule has 1 aromatic rings. The van der Waals surface area contributed by atoms with Crippen LogP contribution in [0.5, 0.6) is 0 Å². The average Bonchev–Trinajstić information content (AvgIpc) is 2.03. The van der Waals surface area contributed by atoms with Gasteiger partial charge in [-0.3, -0.25) is 4.79 Å². The Kier molecular flexibility index (Phi) is 3.92. The van der Waals surface area contributed by atoms with Gasteiger partial charge in [-0.15, -0.1) is 0 Å². The van der Waals surface area contributed by atoms with Crippen LogP contribution in [0.3, 0.4) is 0 Å². The largest absolute Gasteiger partial charge is 0.368 e. The molecule has 13 heavy (non-hydrogen) atoms. The molecule has 0 spiro atoms. The number of benzene rings is 1. The highest BCUT2D eigenvalue weighted by Crippen LogP contribution is 2.11. The monoisotopic (exact) mass is 243 g/mol. The van der Waals surface area contributed by atoms with E-state index in [0.717, 1.165) is 10.0 Å². The molecule has 0 bridgehead atoms. The van der Waals surface area contributed by atoms with Crippen molar-refractivity contribution in [2.24, 2.45) is 5.73 Å². The fraction of sp³-hybridized carbons (Fsp3) is 0.222. The standard InChI is InChI=1S/C9H10BrNO2/c10-8-3-1-2-7(4-8)5-13-6-9(11)12/h1-4H,5-6H2,(H2,11,12). The van der Waals surface area contributed by atoms with Gasteiger partial charge in [0.15, 0.2) is 0 Å². The van der Waals surface area contributed by atoms with Crippen LogP contribution < -0.4 is 5.73 Å². The normalized spacial score (nSPS) is 9.92. The van der Waals surface area contributed by atoms with Crippen molar-refractivity contribution in [1.29, 1.82) is 0 Å². The number of hydrogen-bond donors (Lipinski definition) is 1. The van der Waals surface area contributed by atoms with Gasteiger partial charge in [0.25, 0.3) is 0 Å². The summed E-state index contributed by atoms with van der Waals surface area (Å²) in [5.41, 5.74) is 5.92. The van der Waals surface area contributed by atoms with Crippen molar-refractivity contribution in [3.05, 3.63) is 34.3 Å². The molecule has 1 rings (SSSR count). The van der Waals surface area contributed by atoms with Crippen LogP contribution in [0, 0.1) is 0 Å². The SMILES string of the molecule is NC(=O)COCc1cccc(Br)c1. The van der Waals surface area contributed by atoms with E-state index in [9.17, 15) is 4.79 Å². The maximum atomic E-state index is 10.3. The van der Waals surface area contributed by atoms with Gasteiger partial charge < -0.3 is 10.5 Å². The number of carbonyl (C=O) groups excluding carboxylic acids is 1. The van der Waals surface area contributed by atoms with Crippen LogP contribution in [0.2, 0.25) is 0 Å². The zero-order valence-electron chi connectivity index (χ0n) is 7.00. The van der Waals surface area contributed by atoms with Crippen molar-refractivity contribution in [3.63, 3.8) is 0 Å². The Hall–Kier alpha value is -0.870. The predicted octanol–water partition coefficient (Wildman–Crippen LogP) is 1.45. The van der Waals surface area contributed by atoms with Crippen molar-refractivity contribution in [2.75, 3.05) is 6.61 Å². The highest BCUT2D eigenvalue weighted by atomic mass is 79.9. The number of primary amides is 1. The number of rotatable bonds is 4. The van der Waals surface area contributed by atoms with Crippen LogP contribution in [0.1, 0.15) is 5.56 Å². The zero-order chi connectivity index (χ0) is 9.68. The average molecular weight is 244 g/mol. The van der Waals surface area contributed by atoms with Crippen LogP contribution in [-0.2, 0) is 16.1 Å². The fourth-order valence-electron chi connectivity index (χ4n) is 0.896. The van der Waals surface area contributed by atoms with Gasteiger partial charge in [-0.25, -0.2) is 0 Å². The van der Waals surface area contributed by atoms with Crippen molar-refractivity contribution in [3.8, 4) is 0 Å². The second-order valence-electron chi connectivity index (χ2n) is 2.59. The first kappa shape index (κ1) is 10.2. The molecule has 4 heteroatoms. The number of ether oxygens (including phenoxy) is 1. The van der Waals surface area contributed by atoms with Gasteiger partial charge in [0.2, 0.25) is 5.91 Å². The summed E-state index contributed by atoms with van der Waals surface area (Å²) in [5.74, 6) is -0.449. The van der Waals surface area contributed by atoms with Gasteiger partial charge in [0.1, 0.15) is 6.61 Å². The zero-order valence-corrected chi connectivity index (χ0v) is 8.58. The summed E-state index contributed by atoms with van der Waals surface area (Å²) >= 11 is 3.34. The van der Waals surface area contributed by atoms with Gasteiger partial charge >= 0.3 is 0 Å². The summed E-state index contributed by atoms with van der Waals surface area (Å²) < 4.78 is 6.03. The Balaban J connectivity index is 2.41. The second-order valence-corrected chi connectivity index (χ2v) is 3.50. The molecule has 0 aliphatic heterocycles. The smallest absolute Gasteiger partial charge is 0.243 e. The van der Waals surface area contributed by atoms with E-state index in [1.165, 1.54) is 0 Å². The van der Waals surface area contributed by atoms with Crippen molar-refractivity contribution in [2.45, 2.75) is 6.61 Å². The molecule has 0 saturated carbocycles. The number of hydrogen-bond acceptors (Lipinski definition) is 2. The molecule has 0 radical (unpaired) electrons. The summed E-state index contributed by atoms with van der Waals surface area (Å²) in [6.07, 6.45) is 0. The minimum absolute atomic E-state index is 0.0352. The number of carbonyl (C=O) groups is 1. The maximum Gasteiger partial charge on any atom is 0.243 e. The molecule has 70 valence electrons. The molecular weight excluding hydrogens is 234 g/mol. The van der Waals surface area contributed by atoms with Gasteiger partial charge in [0, 0.05) is 4.47 Å². The van der Waals surface area contributed by atoms with Crippen molar-refractivity contribution < 1.29 is 9.53 Å². The molecule has 0 saturated heterocycles. The summed E-state index contributed by atoms with van der Waals surface area (Å²) in [5, 5.41) is 0. The topological polar surface area (TPSA) is 52.3 Å². The molecule has 0 fully saturated rings. The van der Waals surface area contributed by atoms with Crippen LogP contribution in [0.25, 0.3) is 0 Å². The van der Waals surface area contributed by atoms with Gasteiger partial charge in [-0.1, -0.05) is 28.1 Å². The third kappa shape index (κ3) is 4.05. The highest BCUT2D eigenvalue weighted by molar-refractivity contribution is 9.10. The van der Waals surface area contributed by atoms with Crippen LogP contribution >= 0.6 is 15.9 Å². The molecule has 2 N–H and O–H groups in total. The Labute approximate surface area is 85.0 Å². The quantitative estimate of drug-likeness (QED) is 0.871. The molecule has 0 heterocycles. The molecule has 1 amide bonds. The molecule has 0 aromatic heterocycles. The Bertz CT molecular complexity index is 301. The molecule has 0 aliphatic rings. The molecule has 1 aromatic carbocycles. The number of amides is 1. The fourth-order valence-corrected chi connectivity index (χ4v) is 1.34. The first-order valence-corrected chi connectivity index (χ1v) is 4.58. The molecule has 0 aliphatic carbocycles. The van der Waals surface area contributed by atoms with Crippen LogP contribution in [-0.4, -0.2) is 12.5 Å². The van der Waals surface area contributed by atoms with Gasteiger partial charge in [-0.05, 0) is 17.7 Å². The third-order valence-electron chi connectivity index (χ3n) is 1.40. The Morgan fingerprint density at radius 1 is 1.54 bits per heavy atom. The lowest BCUT2D eigenvalue weighted by molar-refractivity contribution is -0.122. The van der Waals surface area contributed by atoms with E-state index in [0.29, 0.717) is 6.61 Å². The van der Waals surface area contributed by atoms with E-state index in [1.54, 1.807) is 0 Å². The first-order chi connectivity index (χ1) is 6.18. The number of halogens is 1. The minimum atomic E-state index is -0.449. The molecule has 0 atom stereocenters. The third-order valence-corrected chi connectivity index (χ3v) is 1.90. The summed E-state index contributed by atoms with van der Waals surface area (Å²) in [6, 6.07) is 7.69. The number of nitrogens with two attached hydrogens (primary N) is 1. The summed E-state index contributed by atoms with van der Waals surface area (Å²) in [7, 11) is 0. The van der Waals surface area contributed by atoms with Crippen LogP contribution in [0.4, 0.5) is 0 Å². The lowest BCUT2D eigenvalue weighted by Gasteiger charge is -2.01. The second kappa shape index (κ2) is 4.99. The predicted molar refractivity (Wildman–Crippen MR) is 53.0 cm³/mol. The van der Waals surface area contributed by atoms with Gasteiger partial charge in [0.05, 0.1) is 6.61 Å². The molecule has 3 nitrogen and oxygen atoms in total. The summed E-state index contributed by atoms with van der Waals surface area (Å²) in [4.78, 5) is 10.3. The first-order valence-electron chi connectivity index (χ1n) is 3.79. The van der Waals surface area contributed by atoms with Crippen molar-refractivity contribution in [1.82, 2.24) is 0 Å². The van der Waals surface area contributed by atoms with E-state index in [-0.39, 0.29) is 6.61 Å². The van der Waals surface area contributed by atoms with Crippen LogP contribution in [0.15, 0.2) is 28.7 Å². The molecular formula is C9H10BrNO2. The Morgan fingerprint density at radius 3 is 2.92 bits per heavy atom. The van der Waals surface area contributed by atoms with E-state index >= 15 is 0 Å². The van der Waals surface area contributed by atoms with E-state index < -0.39 is 5.91 Å². The molecule has 0 unspecified atom stereocenters. The van der Waals surface area contributed by atoms with E-state index in [1.807, 2.05) is 24.3 Å². The highest BCUT2D eigenvalue weighted by Gasteiger charge is 1.96. The Morgan fingerprint density at radius 2 is 2.31 bits per heavy atom. The van der Waals surface area contributed by atoms with Gasteiger partial charge in [-0.2, -0.15) is 0 Å². The van der Waals surface area contributed by atoms with Crippen molar-refractivity contribution >= 4 is 21.8 Å². The maximum absolute atomic E-state index is 10.3. The lowest BCUT2D eigenvalue weighted by Crippen LogP contribution is -2.17. The van der Waals surface area contributed by atoms with E-state index in [2.05, 4.69) is 15.9 Å².